The minimum atomic E-state index is 0.267. The van der Waals surface area contributed by atoms with Crippen molar-refractivity contribution in [2.24, 2.45) is 5.92 Å². The van der Waals surface area contributed by atoms with Gasteiger partial charge in [-0.2, -0.15) is 4.98 Å². The molecule has 0 spiro atoms. The predicted octanol–water partition coefficient (Wildman–Crippen LogP) is 2.46. The van der Waals surface area contributed by atoms with Crippen LogP contribution in [0.25, 0.3) is 0 Å². The fraction of sp³-hybridized carbons (Fsp3) is 0.588. The highest BCUT2D eigenvalue weighted by Gasteiger charge is 2.25. The molecule has 0 amide bonds. The van der Waals surface area contributed by atoms with Gasteiger partial charge < -0.3 is 9.26 Å². The molecule has 2 fully saturated rings. The van der Waals surface area contributed by atoms with Crippen LogP contribution in [0.1, 0.15) is 37.4 Å². The molecule has 2 aliphatic rings. The molecule has 6 heteroatoms. The maximum absolute atomic E-state index is 5.97. The highest BCUT2D eigenvalue weighted by Crippen LogP contribution is 2.31. The van der Waals surface area contributed by atoms with E-state index in [1.54, 1.807) is 12.4 Å². The second kappa shape index (κ2) is 6.66. The van der Waals surface area contributed by atoms with E-state index in [1.807, 2.05) is 12.1 Å². The first-order valence-corrected chi connectivity index (χ1v) is 8.45. The molecule has 0 radical (unpaired) electrons. The molecule has 23 heavy (non-hydrogen) atoms. The number of nitrogens with zero attached hydrogens (tertiary/aromatic N) is 4. The first-order chi connectivity index (χ1) is 11.3. The van der Waals surface area contributed by atoms with Crippen molar-refractivity contribution in [2.45, 2.75) is 44.8 Å². The molecule has 0 atom stereocenters. The van der Waals surface area contributed by atoms with Gasteiger partial charge in [-0.15, -0.1) is 0 Å². The van der Waals surface area contributed by atoms with Crippen LogP contribution in [0, 0.1) is 5.92 Å². The Kier molecular flexibility index (Phi) is 4.24. The molecule has 1 aliphatic carbocycles. The van der Waals surface area contributed by atoms with Gasteiger partial charge in [0.1, 0.15) is 11.9 Å². The van der Waals surface area contributed by atoms with E-state index >= 15 is 0 Å². The van der Waals surface area contributed by atoms with E-state index in [4.69, 9.17) is 9.26 Å². The van der Waals surface area contributed by atoms with Crippen molar-refractivity contribution < 1.29 is 9.26 Å². The Morgan fingerprint density at radius 2 is 2.09 bits per heavy atom. The van der Waals surface area contributed by atoms with E-state index in [0.29, 0.717) is 0 Å². The second-order valence-electron chi connectivity index (χ2n) is 6.53. The van der Waals surface area contributed by atoms with Gasteiger partial charge in [0.15, 0.2) is 5.82 Å². The van der Waals surface area contributed by atoms with E-state index in [1.165, 1.54) is 12.8 Å². The quantitative estimate of drug-likeness (QED) is 0.816. The number of likely N-dealkylation sites (tertiary alicyclic amines) is 1. The predicted molar refractivity (Wildman–Crippen MR) is 83.9 cm³/mol. The van der Waals surface area contributed by atoms with Gasteiger partial charge in [0, 0.05) is 25.7 Å². The van der Waals surface area contributed by atoms with Gasteiger partial charge in [-0.25, -0.2) is 0 Å². The minimum Gasteiger partial charge on any atom is -0.489 e. The molecule has 1 saturated carbocycles. The maximum Gasteiger partial charge on any atom is 0.240 e. The number of ether oxygens (including phenoxy) is 1. The van der Waals surface area contributed by atoms with Crippen molar-refractivity contribution in [1.82, 2.24) is 20.0 Å². The molecule has 3 heterocycles. The summed E-state index contributed by atoms with van der Waals surface area (Å²) in [5.74, 6) is 3.26. The summed E-state index contributed by atoms with van der Waals surface area (Å²) in [7, 11) is 0. The Labute approximate surface area is 135 Å². The molecule has 0 bridgehead atoms. The minimum absolute atomic E-state index is 0.267. The topological polar surface area (TPSA) is 64.3 Å². The van der Waals surface area contributed by atoms with Crippen LogP contribution in [0.5, 0.6) is 5.75 Å². The summed E-state index contributed by atoms with van der Waals surface area (Å²) in [6.45, 7) is 2.73. The third-order valence-electron chi connectivity index (χ3n) is 4.51. The Balaban J connectivity index is 1.24. The van der Waals surface area contributed by atoms with Crippen LogP contribution in [0.3, 0.4) is 0 Å². The second-order valence-corrected chi connectivity index (χ2v) is 6.53. The SMILES string of the molecule is c1cncc(OC2CCN(Cc3nc(CC4CC4)no3)CC2)c1. The van der Waals surface area contributed by atoms with Gasteiger partial charge in [0.25, 0.3) is 0 Å². The van der Waals surface area contributed by atoms with Gasteiger partial charge in [0.05, 0.1) is 12.7 Å². The highest BCUT2D eigenvalue weighted by atomic mass is 16.5. The Bertz CT molecular complexity index is 619. The molecular formula is C17H22N4O2. The highest BCUT2D eigenvalue weighted by molar-refractivity contribution is 5.15. The fourth-order valence-corrected chi connectivity index (χ4v) is 3.00. The molecule has 1 aliphatic heterocycles. The van der Waals surface area contributed by atoms with Crippen LogP contribution in [0.15, 0.2) is 29.0 Å². The summed E-state index contributed by atoms with van der Waals surface area (Å²) >= 11 is 0. The van der Waals surface area contributed by atoms with Gasteiger partial charge >= 0.3 is 0 Å². The molecule has 0 unspecified atom stereocenters. The van der Waals surface area contributed by atoms with E-state index in [0.717, 1.165) is 62.3 Å². The van der Waals surface area contributed by atoms with Crippen molar-refractivity contribution in [2.75, 3.05) is 13.1 Å². The van der Waals surface area contributed by atoms with Gasteiger partial charge in [-0.3, -0.25) is 9.88 Å². The lowest BCUT2D eigenvalue weighted by atomic mass is 10.1. The number of rotatable bonds is 6. The number of pyridine rings is 1. The Hall–Kier alpha value is -1.95. The van der Waals surface area contributed by atoms with Crippen LogP contribution in [-0.4, -0.2) is 39.2 Å². The summed E-state index contributed by atoms with van der Waals surface area (Å²) in [6.07, 6.45) is 9.43. The van der Waals surface area contributed by atoms with Crippen molar-refractivity contribution in [3.05, 3.63) is 36.2 Å². The smallest absolute Gasteiger partial charge is 0.240 e. The first-order valence-electron chi connectivity index (χ1n) is 8.45. The largest absolute Gasteiger partial charge is 0.489 e. The molecule has 1 saturated heterocycles. The summed E-state index contributed by atoms with van der Waals surface area (Å²) < 4.78 is 11.3. The number of hydrogen-bond donors (Lipinski definition) is 0. The van der Waals surface area contributed by atoms with E-state index < -0.39 is 0 Å². The zero-order valence-corrected chi connectivity index (χ0v) is 13.2. The van der Waals surface area contributed by atoms with E-state index in [-0.39, 0.29) is 6.10 Å². The lowest BCUT2D eigenvalue weighted by Crippen LogP contribution is -2.37. The van der Waals surface area contributed by atoms with Crippen molar-refractivity contribution >= 4 is 0 Å². The zero-order chi connectivity index (χ0) is 15.5. The van der Waals surface area contributed by atoms with Crippen LogP contribution in [-0.2, 0) is 13.0 Å². The summed E-state index contributed by atoms with van der Waals surface area (Å²) in [6, 6.07) is 3.86. The van der Waals surface area contributed by atoms with Gasteiger partial charge in [-0.1, -0.05) is 5.16 Å². The molecule has 4 rings (SSSR count). The summed E-state index contributed by atoms with van der Waals surface area (Å²) in [5.41, 5.74) is 0. The normalized spacial score (nSPS) is 19.8. The lowest BCUT2D eigenvalue weighted by Gasteiger charge is -2.31. The van der Waals surface area contributed by atoms with Crippen molar-refractivity contribution in [3.63, 3.8) is 0 Å². The monoisotopic (exact) mass is 314 g/mol. The molecule has 0 aromatic carbocycles. The molecular weight excluding hydrogens is 292 g/mol. The van der Waals surface area contributed by atoms with Crippen molar-refractivity contribution in [1.29, 1.82) is 0 Å². The van der Waals surface area contributed by atoms with Crippen LogP contribution in [0.2, 0.25) is 0 Å². The third kappa shape index (κ3) is 4.07. The average molecular weight is 314 g/mol. The number of hydrogen-bond acceptors (Lipinski definition) is 6. The van der Waals surface area contributed by atoms with E-state index in [2.05, 4.69) is 20.0 Å². The number of piperidine rings is 1. The first kappa shape index (κ1) is 14.6. The van der Waals surface area contributed by atoms with Crippen LogP contribution < -0.4 is 4.74 Å². The summed E-state index contributed by atoms with van der Waals surface area (Å²) in [5, 5.41) is 4.09. The average Bonchev–Trinajstić information content (AvgIpc) is 3.28. The van der Waals surface area contributed by atoms with Crippen molar-refractivity contribution in [3.8, 4) is 5.75 Å². The lowest BCUT2D eigenvalue weighted by molar-refractivity contribution is 0.0901. The van der Waals surface area contributed by atoms with Gasteiger partial charge in [0.2, 0.25) is 5.89 Å². The van der Waals surface area contributed by atoms with Crippen LogP contribution >= 0.6 is 0 Å². The molecule has 6 nitrogen and oxygen atoms in total. The Morgan fingerprint density at radius 3 is 2.83 bits per heavy atom. The van der Waals surface area contributed by atoms with E-state index in [9.17, 15) is 0 Å². The van der Waals surface area contributed by atoms with Gasteiger partial charge in [-0.05, 0) is 43.7 Å². The Morgan fingerprint density at radius 1 is 1.22 bits per heavy atom. The third-order valence-corrected chi connectivity index (χ3v) is 4.51. The molecule has 2 aromatic heterocycles. The standard InChI is InChI=1S/C17H22N4O2/c1-2-15(11-18-7-1)22-14-5-8-21(9-6-14)12-17-19-16(20-23-17)10-13-3-4-13/h1-2,7,11,13-14H,3-6,8-10,12H2. The maximum atomic E-state index is 5.97. The number of aromatic nitrogens is 3. The zero-order valence-electron chi connectivity index (χ0n) is 13.2. The molecule has 0 N–H and O–H groups in total. The molecule has 122 valence electrons. The fourth-order valence-electron chi connectivity index (χ4n) is 3.00. The van der Waals surface area contributed by atoms with Crippen LogP contribution in [0.4, 0.5) is 0 Å². The molecule has 2 aromatic rings. The summed E-state index contributed by atoms with van der Waals surface area (Å²) in [4.78, 5) is 11.0.